The second-order valence-electron chi connectivity index (χ2n) is 4.07. The van der Waals surface area contributed by atoms with Crippen LogP contribution in [-0.2, 0) is 9.84 Å². The summed E-state index contributed by atoms with van der Waals surface area (Å²) in [5.74, 6) is -0.157. The molecule has 0 saturated carbocycles. The van der Waals surface area contributed by atoms with Crippen LogP contribution in [0.1, 0.15) is 22.8 Å². The number of hydrogen-bond donors (Lipinski definition) is 0. The minimum absolute atomic E-state index is 0.157. The summed E-state index contributed by atoms with van der Waals surface area (Å²) in [7, 11) is -1.59. The highest BCUT2D eigenvalue weighted by atomic mass is 32.2. The largest absolute Gasteiger partial charge is 0.342 e. The Hall–Kier alpha value is -1.36. The third-order valence-corrected chi connectivity index (χ3v) is 3.80. The van der Waals surface area contributed by atoms with E-state index < -0.39 is 9.84 Å². The van der Waals surface area contributed by atoms with Crippen LogP contribution in [-0.4, -0.2) is 39.1 Å². The van der Waals surface area contributed by atoms with Crippen LogP contribution in [0, 0.1) is 6.92 Å². The monoisotopic (exact) mass is 255 g/mol. The van der Waals surface area contributed by atoms with Crippen LogP contribution < -0.4 is 0 Å². The van der Waals surface area contributed by atoms with Crippen molar-refractivity contribution in [3.05, 3.63) is 29.3 Å². The Balaban J connectivity index is 3.30. The molecule has 0 spiro atoms. The highest BCUT2D eigenvalue weighted by Gasteiger charge is 2.16. The molecule has 0 fully saturated rings. The van der Waals surface area contributed by atoms with Crippen LogP contribution in [0.2, 0.25) is 0 Å². The first-order valence-corrected chi connectivity index (χ1v) is 7.22. The van der Waals surface area contributed by atoms with Gasteiger partial charge >= 0.3 is 0 Å². The molecular formula is C12H17NO3S. The van der Waals surface area contributed by atoms with Gasteiger partial charge in [-0.3, -0.25) is 4.79 Å². The highest BCUT2D eigenvalue weighted by molar-refractivity contribution is 7.90. The van der Waals surface area contributed by atoms with Gasteiger partial charge in [0, 0.05) is 25.4 Å². The molecule has 0 aliphatic heterocycles. The molecule has 0 unspecified atom stereocenters. The van der Waals surface area contributed by atoms with E-state index in [4.69, 9.17) is 0 Å². The van der Waals surface area contributed by atoms with Crippen LogP contribution in [0.3, 0.4) is 0 Å². The lowest BCUT2D eigenvalue weighted by Gasteiger charge is -2.16. The maximum atomic E-state index is 12.0. The van der Waals surface area contributed by atoms with Crippen LogP contribution in [0.4, 0.5) is 0 Å². The van der Waals surface area contributed by atoms with E-state index >= 15 is 0 Å². The van der Waals surface area contributed by atoms with Gasteiger partial charge in [-0.15, -0.1) is 0 Å². The van der Waals surface area contributed by atoms with Gasteiger partial charge in [0.25, 0.3) is 5.91 Å². The first kappa shape index (κ1) is 13.7. The summed E-state index contributed by atoms with van der Waals surface area (Å²) in [5, 5.41) is 0. The maximum Gasteiger partial charge on any atom is 0.253 e. The molecule has 5 heteroatoms. The van der Waals surface area contributed by atoms with E-state index in [1.165, 1.54) is 12.1 Å². The second-order valence-corrected chi connectivity index (χ2v) is 6.08. The Morgan fingerprint density at radius 1 is 1.35 bits per heavy atom. The maximum absolute atomic E-state index is 12.0. The molecule has 0 N–H and O–H groups in total. The molecule has 0 aliphatic rings. The zero-order valence-electron chi connectivity index (χ0n) is 10.5. The van der Waals surface area contributed by atoms with Crippen molar-refractivity contribution in [3.8, 4) is 0 Å². The standard InChI is InChI=1S/C12H17NO3S/c1-5-13(3)12(14)11-8-10(17(4,15)16)7-6-9(11)2/h6-8H,5H2,1-4H3. The molecule has 4 nitrogen and oxygen atoms in total. The molecule has 1 rings (SSSR count). The average molecular weight is 255 g/mol. The molecule has 94 valence electrons. The molecule has 0 atom stereocenters. The zero-order chi connectivity index (χ0) is 13.2. The van der Waals surface area contributed by atoms with Crippen LogP contribution in [0.5, 0.6) is 0 Å². The molecule has 0 aromatic heterocycles. The van der Waals surface area contributed by atoms with Crippen molar-refractivity contribution in [2.24, 2.45) is 0 Å². The number of hydrogen-bond acceptors (Lipinski definition) is 3. The second kappa shape index (κ2) is 4.87. The lowest BCUT2D eigenvalue weighted by Crippen LogP contribution is -2.27. The minimum atomic E-state index is -3.28. The fraction of sp³-hybridized carbons (Fsp3) is 0.417. The van der Waals surface area contributed by atoms with Gasteiger partial charge in [0.2, 0.25) is 0 Å². The molecule has 0 aliphatic carbocycles. The Kier molecular flexibility index (Phi) is 3.93. The summed E-state index contributed by atoms with van der Waals surface area (Å²) in [4.78, 5) is 13.7. The first-order chi connectivity index (χ1) is 7.77. The van der Waals surface area contributed by atoms with Crippen molar-refractivity contribution < 1.29 is 13.2 Å². The van der Waals surface area contributed by atoms with Crippen molar-refractivity contribution in [1.29, 1.82) is 0 Å². The number of sulfone groups is 1. The van der Waals surface area contributed by atoms with E-state index in [9.17, 15) is 13.2 Å². The molecule has 0 saturated heterocycles. The molecule has 1 aromatic rings. The number of amides is 1. The summed E-state index contributed by atoms with van der Waals surface area (Å²) < 4.78 is 22.9. The minimum Gasteiger partial charge on any atom is -0.342 e. The molecule has 0 bridgehead atoms. The fourth-order valence-electron chi connectivity index (χ4n) is 1.41. The van der Waals surface area contributed by atoms with Crippen molar-refractivity contribution >= 4 is 15.7 Å². The molecule has 17 heavy (non-hydrogen) atoms. The fourth-order valence-corrected chi connectivity index (χ4v) is 2.06. The van der Waals surface area contributed by atoms with Crippen LogP contribution in [0.25, 0.3) is 0 Å². The van der Waals surface area contributed by atoms with Gasteiger partial charge in [0.15, 0.2) is 9.84 Å². The topological polar surface area (TPSA) is 54.5 Å². The van der Waals surface area contributed by atoms with Gasteiger partial charge in [-0.05, 0) is 31.5 Å². The van der Waals surface area contributed by atoms with Gasteiger partial charge in [0.1, 0.15) is 0 Å². The van der Waals surface area contributed by atoms with E-state index in [1.54, 1.807) is 24.9 Å². The third-order valence-electron chi connectivity index (χ3n) is 2.69. The Morgan fingerprint density at radius 2 is 1.94 bits per heavy atom. The normalized spacial score (nSPS) is 11.3. The lowest BCUT2D eigenvalue weighted by molar-refractivity contribution is 0.0801. The van der Waals surface area contributed by atoms with E-state index in [1.807, 2.05) is 6.92 Å². The zero-order valence-corrected chi connectivity index (χ0v) is 11.3. The third kappa shape index (κ3) is 3.06. The highest BCUT2D eigenvalue weighted by Crippen LogP contribution is 2.17. The Bertz CT molecular complexity index is 535. The Labute approximate surface area is 102 Å². The summed E-state index contributed by atoms with van der Waals surface area (Å²) in [5.41, 5.74) is 1.22. The number of benzene rings is 1. The quantitative estimate of drug-likeness (QED) is 0.822. The van der Waals surface area contributed by atoms with Crippen molar-refractivity contribution in [3.63, 3.8) is 0 Å². The number of nitrogens with zero attached hydrogens (tertiary/aromatic N) is 1. The number of rotatable bonds is 3. The Morgan fingerprint density at radius 3 is 2.41 bits per heavy atom. The first-order valence-electron chi connectivity index (χ1n) is 5.33. The van der Waals surface area contributed by atoms with Crippen molar-refractivity contribution in [1.82, 2.24) is 4.90 Å². The van der Waals surface area contributed by atoms with Gasteiger partial charge in [-0.2, -0.15) is 0 Å². The van der Waals surface area contributed by atoms with Crippen molar-refractivity contribution in [2.45, 2.75) is 18.7 Å². The van der Waals surface area contributed by atoms with E-state index in [-0.39, 0.29) is 10.8 Å². The van der Waals surface area contributed by atoms with E-state index in [2.05, 4.69) is 0 Å². The van der Waals surface area contributed by atoms with Crippen molar-refractivity contribution in [2.75, 3.05) is 19.8 Å². The summed E-state index contributed by atoms with van der Waals surface area (Å²) in [6, 6.07) is 4.62. The van der Waals surface area contributed by atoms with Gasteiger partial charge < -0.3 is 4.90 Å². The number of carbonyl (C=O) groups excluding carboxylic acids is 1. The van der Waals surface area contributed by atoms with Crippen LogP contribution in [0.15, 0.2) is 23.1 Å². The van der Waals surface area contributed by atoms with Crippen LogP contribution >= 0.6 is 0 Å². The lowest BCUT2D eigenvalue weighted by atomic mass is 10.1. The molecular weight excluding hydrogens is 238 g/mol. The van der Waals surface area contributed by atoms with Gasteiger partial charge in [0.05, 0.1) is 4.90 Å². The average Bonchev–Trinajstić information content (AvgIpc) is 2.26. The smallest absolute Gasteiger partial charge is 0.253 e. The van der Waals surface area contributed by atoms with E-state index in [0.717, 1.165) is 11.8 Å². The predicted molar refractivity (Wildman–Crippen MR) is 66.9 cm³/mol. The molecule has 0 radical (unpaired) electrons. The number of aryl methyl sites for hydroxylation is 1. The molecule has 1 aromatic carbocycles. The predicted octanol–water partition coefficient (Wildman–Crippen LogP) is 1.49. The summed E-state index contributed by atoms with van der Waals surface area (Å²) >= 11 is 0. The SMILES string of the molecule is CCN(C)C(=O)c1cc(S(C)(=O)=O)ccc1C. The van der Waals surface area contributed by atoms with Gasteiger partial charge in [-0.25, -0.2) is 8.42 Å². The van der Waals surface area contributed by atoms with E-state index in [0.29, 0.717) is 12.1 Å². The summed E-state index contributed by atoms with van der Waals surface area (Å²) in [6.45, 7) is 4.25. The number of carbonyl (C=O) groups is 1. The van der Waals surface area contributed by atoms with Gasteiger partial charge in [-0.1, -0.05) is 6.07 Å². The summed E-state index contributed by atoms with van der Waals surface area (Å²) in [6.07, 6.45) is 1.13. The molecule has 1 amide bonds. The molecule has 0 heterocycles.